The van der Waals surface area contributed by atoms with Gasteiger partial charge in [0.2, 0.25) is 5.91 Å². The van der Waals surface area contributed by atoms with Gasteiger partial charge in [-0.2, -0.15) is 5.43 Å². The molecule has 2 rings (SSSR count). The molecule has 78 valence electrons. The zero-order valence-electron chi connectivity index (χ0n) is 7.69. The second-order valence-electron chi connectivity index (χ2n) is 3.01. The number of primary amides is 1. The Labute approximate surface area is 91.6 Å². The highest BCUT2D eigenvalue weighted by Gasteiger charge is 2.24. The molecule has 0 saturated carbocycles. The quantitative estimate of drug-likeness (QED) is 0.624. The van der Waals surface area contributed by atoms with Crippen LogP contribution in [0.15, 0.2) is 24.3 Å². The normalized spacial score (nSPS) is 19.5. The van der Waals surface area contributed by atoms with Gasteiger partial charge >= 0.3 is 0 Å². The Balaban J connectivity index is 2.35. The molecule has 1 aliphatic heterocycles. The molecular weight excluding hydrogens is 214 g/mol. The van der Waals surface area contributed by atoms with Gasteiger partial charge in [-0.3, -0.25) is 10.2 Å². The number of nitrogens with two attached hydrogens (primary N) is 1. The summed E-state index contributed by atoms with van der Waals surface area (Å²) >= 11 is 4.79. The first-order chi connectivity index (χ1) is 7.18. The van der Waals surface area contributed by atoms with E-state index in [1.165, 1.54) is 0 Å². The molecule has 0 spiro atoms. The zero-order valence-corrected chi connectivity index (χ0v) is 8.51. The SMILES string of the molecule is NC(=O)c1ccccc1C1NNC(=S)O1. The van der Waals surface area contributed by atoms with E-state index in [1.807, 2.05) is 0 Å². The lowest BCUT2D eigenvalue weighted by molar-refractivity contribution is 0.0994. The topological polar surface area (TPSA) is 76.4 Å². The number of hydrogen-bond donors (Lipinski definition) is 3. The number of ether oxygens (including phenoxy) is 1. The van der Waals surface area contributed by atoms with Crippen LogP contribution in [0.5, 0.6) is 0 Å². The minimum absolute atomic E-state index is 0.249. The van der Waals surface area contributed by atoms with Crippen molar-refractivity contribution in [3.05, 3.63) is 35.4 Å². The number of benzene rings is 1. The zero-order chi connectivity index (χ0) is 10.8. The minimum Gasteiger partial charge on any atom is -0.445 e. The fraction of sp³-hybridized carbons (Fsp3) is 0.111. The Hall–Kier alpha value is -1.66. The van der Waals surface area contributed by atoms with Gasteiger partial charge in [-0.25, -0.2) is 0 Å². The number of amides is 1. The van der Waals surface area contributed by atoms with E-state index in [1.54, 1.807) is 24.3 Å². The Kier molecular flexibility index (Phi) is 2.53. The molecule has 1 aliphatic rings. The van der Waals surface area contributed by atoms with Gasteiger partial charge in [-0.05, 0) is 18.3 Å². The summed E-state index contributed by atoms with van der Waals surface area (Å²) in [6.45, 7) is 0. The van der Waals surface area contributed by atoms with Gasteiger partial charge in [0.1, 0.15) is 0 Å². The molecule has 1 aromatic rings. The van der Waals surface area contributed by atoms with Crippen LogP contribution in [-0.4, -0.2) is 11.1 Å². The third-order valence-corrected chi connectivity index (χ3v) is 2.24. The molecule has 1 fully saturated rings. The number of carbonyl (C=O) groups excluding carboxylic acids is 1. The van der Waals surface area contributed by atoms with Crippen LogP contribution < -0.4 is 16.6 Å². The van der Waals surface area contributed by atoms with Gasteiger partial charge in [0.15, 0.2) is 6.23 Å². The molecule has 1 amide bonds. The summed E-state index contributed by atoms with van der Waals surface area (Å²) in [6.07, 6.45) is -0.471. The average molecular weight is 223 g/mol. The Morgan fingerprint density at radius 2 is 2.20 bits per heavy atom. The highest BCUT2D eigenvalue weighted by Crippen LogP contribution is 2.20. The molecule has 0 radical (unpaired) electrons. The standard InChI is InChI=1S/C9H9N3O2S/c10-7(13)5-3-1-2-4-6(5)8-11-12-9(15)14-8/h1-4,8,11H,(H2,10,13)(H,12,15). The molecule has 5 nitrogen and oxygen atoms in total. The Morgan fingerprint density at radius 3 is 2.80 bits per heavy atom. The summed E-state index contributed by atoms with van der Waals surface area (Å²) in [7, 11) is 0. The summed E-state index contributed by atoms with van der Waals surface area (Å²) in [5.74, 6) is -0.492. The van der Waals surface area contributed by atoms with E-state index in [9.17, 15) is 4.79 Å². The molecule has 0 aromatic heterocycles. The summed E-state index contributed by atoms with van der Waals surface area (Å²) < 4.78 is 5.24. The van der Waals surface area contributed by atoms with Gasteiger partial charge in [-0.15, -0.1) is 0 Å². The lowest BCUT2D eigenvalue weighted by atomic mass is 10.1. The van der Waals surface area contributed by atoms with E-state index in [-0.39, 0.29) is 5.17 Å². The molecule has 4 N–H and O–H groups in total. The van der Waals surface area contributed by atoms with Crippen LogP contribution in [0.3, 0.4) is 0 Å². The molecule has 0 bridgehead atoms. The minimum atomic E-state index is -0.492. The number of hydrogen-bond acceptors (Lipinski definition) is 4. The fourth-order valence-corrected chi connectivity index (χ4v) is 1.54. The first-order valence-corrected chi connectivity index (χ1v) is 4.70. The number of thiocarbonyl (C=S) groups is 1. The second kappa shape index (κ2) is 3.84. The van der Waals surface area contributed by atoms with E-state index < -0.39 is 12.1 Å². The van der Waals surface area contributed by atoms with Gasteiger partial charge in [0.05, 0.1) is 0 Å². The molecule has 0 aliphatic carbocycles. The van der Waals surface area contributed by atoms with Gasteiger partial charge in [0.25, 0.3) is 5.17 Å². The van der Waals surface area contributed by atoms with E-state index in [0.29, 0.717) is 11.1 Å². The van der Waals surface area contributed by atoms with Crippen molar-refractivity contribution in [1.82, 2.24) is 10.9 Å². The maximum atomic E-state index is 11.1. The average Bonchev–Trinajstić information content (AvgIpc) is 2.65. The molecule has 6 heteroatoms. The van der Waals surface area contributed by atoms with Crippen LogP contribution in [0.4, 0.5) is 0 Å². The lowest BCUT2D eigenvalue weighted by Crippen LogP contribution is -2.28. The monoisotopic (exact) mass is 223 g/mol. The highest BCUT2D eigenvalue weighted by atomic mass is 32.1. The predicted molar refractivity (Wildman–Crippen MR) is 57.7 cm³/mol. The summed E-state index contributed by atoms with van der Waals surface area (Å²) in [4.78, 5) is 11.1. The smallest absolute Gasteiger partial charge is 0.273 e. The van der Waals surface area contributed by atoms with E-state index in [2.05, 4.69) is 10.9 Å². The Bertz CT molecular complexity index is 422. The first-order valence-electron chi connectivity index (χ1n) is 4.29. The molecule has 1 unspecified atom stereocenters. The van der Waals surface area contributed by atoms with Gasteiger partial charge in [0, 0.05) is 11.1 Å². The number of carbonyl (C=O) groups is 1. The number of nitrogens with one attached hydrogen (secondary N) is 2. The molecule has 1 atom stereocenters. The van der Waals surface area contributed by atoms with Crippen molar-refractivity contribution in [2.24, 2.45) is 5.73 Å². The number of rotatable bonds is 2. The summed E-state index contributed by atoms with van der Waals surface area (Å²) in [5.41, 5.74) is 11.8. The summed E-state index contributed by atoms with van der Waals surface area (Å²) in [6, 6.07) is 6.94. The van der Waals surface area contributed by atoms with Crippen molar-refractivity contribution in [1.29, 1.82) is 0 Å². The lowest BCUT2D eigenvalue weighted by Gasteiger charge is -2.11. The van der Waals surface area contributed by atoms with E-state index in [4.69, 9.17) is 22.7 Å². The van der Waals surface area contributed by atoms with Crippen LogP contribution in [0, 0.1) is 0 Å². The second-order valence-corrected chi connectivity index (χ2v) is 3.38. The third-order valence-electron chi connectivity index (χ3n) is 2.04. The highest BCUT2D eigenvalue weighted by molar-refractivity contribution is 7.80. The van der Waals surface area contributed by atoms with E-state index in [0.717, 1.165) is 0 Å². The molecule has 1 aromatic carbocycles. The predicted octanol–water partition coefficient (Wildman–Crippen LogP) is 0.193. The fourth-order valence-electron chi connectivity index (χ4n) is 1.38. The molecule has 15 heavy (non-hydrogen) atoms. The maximum absolute atomic E-state index is 11.1. The van der Waals surface area contributed by atoms with Crippen LogP contribution in [-0.2, 0) is 4.74 Å². The van der Waals surface area contributed by atoms with Crippen molar-refractivity contribution in [3.8, 4) is 0 Å². The molecule has 1 heterocycles. The van der Waals surface area contributed by atoms with Gasteiger partial charge < -0.3 is 10.5 Å². The Morgan fingerprint density at radius 1 is 1.47 bits per heavy atom. The van der Waals surface area contributed by atoms with Crippen LogP contribution in [0.2, 0.25) is 0 Å². The molecular formula is C9H9N3O2S. The van der Waals surface area contributed by atoms with Crippen LogP contribution in [0.1, 0.15) is 22.1 Å². The van der Waals surface area contributed by atoms with Crippen molar-refractivity contribution in [2.75, 3.05) is 0 Å². The van der Waals surface area contributed by atoms with Crippen molar-refractivity contribution >= 4 is 23.3 Å². The number of hydrazine groups is 1. The van der Waals surface area contributed by atoms with Crippen LogP contribution in [0.25, 0.3) is 0 Å². The van der Waals surface area contributed by atoms with Gasteiger partial charge in [-0.1, -0.05) is 18.2 Å². The molecule has 1 saturated heterocycles. The largest absolute Gasteiger partial charge is 0.445 e. The third kappa shape index (κ3) is 1.90. The van der Waals surface area contributed by atoms with Crippen molar-refractivity contribution in [3.63, 3.8) is 0 Å². The first kappa shape index (κ1) is 9.88. The maximum Gasteiger partial charge on any atom is 0.273 e. The summed E-state index contributed by atoms with van der Waals surface area (Å²) in [5, 5.41) is 0.249. The van der Waals surface area contributed by atoms with Crippen molar-refractivity contribution < 1.29 is 9.53 Å². The van der Waals surface area contributed by atoms with Crippen molar-refractivity contribution in [2.45, 2.75) is 6.23 Å². The van der Waals surface area contributed by atoms with E-state index >= 15 is 0 Å². The van der Waals surface area contributed by atoms with Crippen LogP contribution >= 0.6 is 12.2 Å².